The number of non-ortho nitro benzene ring substituents is 1. The van der Waals surface area contributed by atoms with E-state index in [9.17, 15) is 14.9 Å². The first-order valence-corrected chi connectivity index (χ1v) is 9.10. The number of aryl methyl sites for hydroxylation is 1. The Kier molecular flexibility index (Phi) is 5.92. The van der Waals surface area contributed by atoms with Gasteiger partial charge in [0.1, 0.15) is 12.4 Å². The maximum Gasteiger partial charge on any atom is 0.269 e. The fraction of sp³-hybridized carbons (Fsp3) is 0.238. The number of hydrogen-bond donors (Lipinski definition) is 1. The van der Waals surface area contributed by atoms with E-state index in [-0.39, 0.29) is 24.2 Å². The topological polar surface area (TPSA) is 99.3 Å². The van der Waals surface area contributed by atoms with Crippen molar-refractivity contribution in [1.82, 2.24) is 15.1 Å². The number of carbonyl (C=O) groups is 1. The quantitative estimate of drug-likeness (QED) is 0.486. The summed E-state index contributed by atoms with van der Waals surface area (Å²) < 4.78 is 7.44. The molecule has 0 aliphatic rings. The van der Waals surface area contributed by atoms with Crippen LogP contribution in [0.2, 0.25) is 0 Å². The van der Waals surface area contributed by atoms with Gasteiger partial charge in [-0.1, -0.05) is 12.1 Å². The summed E-state index contributed by atoms with van der Waals surface area (Å²) in [6.45, 7) is 4.13. The molecule has 1 heterocycles. The van der Waals surface area contributed by atoms with E-state index < -0.39 is 4.92 Å². The van der Waals surface area contributed by atoms with Crippen molar-refractivity contribution in [3.63, 3.8) is 0 Å². The molecule has 0 spiro atoms. The van der Waals surface area contributed by atoms with Crippen molar-refractivity contribution in [3.8, 4) is 5.75 Å². The molecule has 8 nitrogen and oxygen atoms in total. The molecular weight excluding hydrogens is 372 g/mol. The van der Waals surface area contributed by atoms with Gasteiger partial charge in [0.15, 0.2) is 0 Å². The van der Waals surface area contributed by atoms with E-state index in [1.165, 1.54) is 12.1 Å². The van der Waals surface area contributed by atoms with Gasteiger partial charge < -0.3 is 10.1 Å². The molecule has 1 N–H and O–H groups in total. The monoisotopic (exact) mass is 394 g/mol. The average Bonchev–Trinajstić information content (AvgIpc) is 3.05. The van der Waals surface area contributed by atoms with Crippen LogP contribution in [0.3, 0.4) is 0 Å². The zero-order chi connectivity index (χ0) is 21.0. The Labute approximate surface area is 168 Å². The standard InChI is InChI=1S/C21H22N4O4/c1-14(20-12-22-24(3)15(20)2)23-21(26)17-6-4-5-16(11-17)13-29-19-9-7-18(8-10-19)25(27)28/h4-12,14H,13H2,1-3H3,(H,23,26). The van der Waals surface area contributed by atoms with Gasteiger partial charge in [0, 0.05) is 36.0 Å². The van der Waals surface area contributed by atoms with Crippen molar-refractivity contribution in [2.45, 2.75) is 26.5 Å². The van der Waals surface area contributed by atoms with Crippen LogP contribution in [0, 0.1) is 17.0 Å². The molecule has 1 amide bonds. The number of nitro benzene ring substituents is 1. The Morgan fingerprint density at radius 2 is 2.00 bits per heavy atom. The van der Waals surface area contributed by atoms with Gasteiger partial charge in [-0.2, -0.15) is 5.10 Å². The molecule has 0 radical (unpaired) electrons. The minimum atomic E-state index is -0.458. The van der Waals surface area contributed by atoms with Crippen LogP contribution in [-0.2, 0) is 13.7 Å². The lowest BCUT2D eigenvalue weighted by atomic mass is 10.1. The Balaban J connectivity index is 1.63. The van der Waals surface area contributed by atoms with E-state index in [1.807, 2.05) is 27.0 Å². The summed E-state index contributed by atoms with van der Waals surface area (Å²) in [4.78, 5) is 22.9. The summed E-state index contributed by atoms with van der Waals surface area (Å²) in [6, 6.07) is 12.9. The summed E-state index contributed by atoms with van der Waals surface area (Å²) >= 11 is 0. The second kappa shape index (κ2) is 8.55. The van der Waals surface area contributed by atoms with Crippen molar-refractivity contribution in [2.75, 3.05) is 0 Å². The number of amides is 1. The summed E-state index contributed by atoms with van der Waals surface area (Å²) in [5, 5.41) is 17.9. The van der Waals surface area contributed by atoms with Gasteiger partial charge in [-0.25, -0.2) is 0 Å². The molecule has 0 aliphatic carbocycles. The summed E-state index contributed by atoms with van der Waals surface area (Å²) in [5.41, 5.74) is 3.33. The molecule has 3 aromatic rings. The third-order valence-corrected chi connectivity index (χ3v) is 4.73. The van der Waals surface area contributed by atoms with Crippen molar-refractivity contribution < 1.29 is 14.5 Å². The van der Waals surface area contributed by atoms with E-state index in [4.69, 9.17) is 4.74 Å². The predicted molar refractivity (Wildman–Crippen MR) is 108 cm³/mol. The number of benzene rings is 2. The predicted octanol–water partition coefficient (Wildman–Crippen LogP) is 3.71. The summed E-state index contributed by atoms with van der Waals surface area (Å²) in [6.07, 6.45) is 1.76. The van der Waals surface area contributed by atoms with Gasteiger partial charge in [0.25, 0.3) is 11.6 Å². The van der Waals surface area contributed by atoms with E-state index >= 15 is 0 Å². The van der Waals surface area contributed by atoms with Gasteiger partial charge in [0.2, 0.25) is 0 Å². The Morgan fingerprint density at radius 1 is 1.28 bits per heavy atom. The van der Waals surface area contributed by atoms with E-state index in [0.717, 1.165) is 16.8 Å². The second-order valence-corrected chi connectivity index (χ2v) is 6.74. The van der Waals surface area contributed by atoms with E-state index in [2.05, 4.69) is 10.4 Å². The molecule has 0 aliphatic heterocycles. The van der Waals surface area contributed by atoms with Crippen LogP contribution in [0.4, 0.5) is 5.69 Å². The van der Waals surface area contributed by atoms with Gasteiger partial charge in [-0.3, -0.25) is 19.6 Å². The van der Waals surface area contributed by atoms with Crippen molar-refractivity contribution in [2.24, 2.45) is 7.05 Å². The van der Waals surface area contributed by atoms with E-state index in [1.54, 1.807) is 41.2 Å². The first-order valence-electron chi connectivity index (χ1n) is 9.10. The lowest BCUT2D eigenvalue weighted by Crippen LogP contribution is -2.27. The van der Waals surface area contributed by atoms with Crippen LogP contribution < -0.4 is 10.1 Å². The molecule has 29 heavy (non-hydrogen) atoms. The normalized spacial score (nSPS) is 11.7. The number of aromatic nitrogens is 2. The van der Waals surface area contributed by atoms with Gasteiger partial charge in [-0.05, 0) is 43.7 Å². The third kappa shape index (κ3) is 4.78. The number of hydrogen-bond acceptors (Lipinski definition) is 5. The molecule has 0 bridgehead atoms. The lowest BCUT2D eigenvalue weighted by Gasteiger charge is -2.14. The maximum absolute atomic E-state index is 12.6. The molecule has 1 atom stereocenters. The molecule has 8 heteroatoms. The summed E-state index contributed by atoms with van der Waals surface area (Å²) in [7, 11) is 1.86. The summed E-state index contributed by atoms with van der Waals surface area (Å²) in [5.74, 6) is 0.337. The number of nitrogens with zero attached hydrogens (tertiary/aromatic N) is 3. The molecule has 2 aromatic carbocycles. The fourth-order valence-corrected chi connectivity index (χ4v) is 2.93. The lowest BCUT2D eigenvalue weighted by molar-refractivity contribution is -0.384. The molecule has 1 unspecified atom stereocenters. The van der Waals surface area contributed by atoms with Crippen LogP contribution in [-0.4, -0.2) is 20.6 Å². The molecule has 0 saturated heterocycles. The average molecular weight is 394 g/mol. The van der Waals surface area contributed by atoms with Crippen LogP contribution in [0.5, 0.6) is 5.75 Å². The zero-order valence-electron chi connectivity index (χ0n) is 16.5. The smallest absolute Gasteiger partial charge is 0.269 e. The molecule has 150 valence electrons. The Hall–Kier alpha value is -3.68. The highest BCUT2D eigenvalue weighted by Gasteiger charge is 2.16. The number of nitrogens with one attached hydrogen (secondary N) is 1. The minimum Gasteiger partial charge on any atom is -0.489 e. The number of nitro groups is 1. The third-order valence-electron chi connectivity index (χ3n) is 4.73. The largest absolute Gasteiger partial charge is 0.489 e. The van der Waals surface area contributed by atoms with Gasteiger partial charge in [0.05, 0.1) is 17.2 Å². The first kappa shape index (κ1) is 20.1. The fourth-order valence-electron chi connectivity index (χ4n) is 2.93. The van der Waals surface area contributed by atoms with Crippen molar-refractivity contribution >= 4 is 11.6 Å². The van der Waals surface area contributed by atoms with Crippen LogP contribution in [0.15, 0.2) is 54.7 Å². The number of ether oxygens (including phenoxy) is 1. The molecular formula is C21H22N4O4. The number of rotatable bonds is 7. The Morgan fingerprint density at radius 3 is 2.62 bits per heavy atom. The maximum atomic E-state index is 12.6. The zero-order valence-corrected chi connectivity index (χ0v) is 16.5. The number of carbonyl (C=O) groups excluding carboxylic acids is 1. The molecule has 3 rings (SSSR count). The van der Waals surface area contributed by atoms with Gasteiger partial charge in [-0.15, -0.1) is 0 Å². The van der Waals surface area contributed by atoms with Crippen LogP contribution in [0.25, 0.3) is 0 Å². The SMILES string of the molecule is Cc1c(C(C)NC(=O)c2cccc(COc3ccc([N+](=O)[O-])cc3)c2)cnn1C. The molecule has 0 saturated carbocycles. The minimum absolute atomic E-state index is 0.00833. The van der Waals surface area contributed by atoms with Crippen molar-refractivity contribution in [1.29, 1.82) is 0 Å². The van der Waals surface area contributed by atoms with Crippen molar-refractivity contribution in [3.05, 3.63) is 87.2 Å². The Bertz CT molecular complexity index is 1030. The second-order valence-electron chi connectivity index (χ2n) is 6.74. The van der Waals surface area contributed by atoms with Crippen LogP contribution >= 0.6 is 0 Å². The molecule has 0 fully saturated rings. The first-order chi connectivity index (χ1) is 13.8. The van der Waals surface area contributed by atoms with E-state index in [0.29, 0.717) is 11.3 Å². The molecule has 1 aromatic heterocycles. The van der Waals surface area contributed by atoms with Gasteiger partial charge >= 0.3 is 0 Å². The highest BCUT2D eigenvalue weighted by molar-refractivity contribution is 5.94. The highest BCUT2D eigenvalue weighted by atomic mass is 16.6. The van der Waals surface area contributed by atoms with Crippen LogP contribution in [0.1, 0.15) is 40.1 Å². The highest BCUT2D eigenvalue weighted by Crippen LogP contribution is 2.19.